The van der Waals surface area contributed by atoms with E-state index in [2.05, 4.69) is 78.4 Å². The number of carbonyl (C=O) groups is 16. The molecule has 8 rings (SSSR count). The molecular weight excluding hydrogens is 1710 g/mol. The van der Waals surface area contributed by atoms with E-state index < -0.39 is 216 Å². The van der Waals surface area contributed by atoms with Crippen LogP contribution in [0.15, 0.2) is 104 Å². The minimum atomic E-state index is -1.84. The van der Waals surface area contributed by atoms with E-state index in [-0.39, 0.29) is 89.6 Å². The van der Waals surface area contributed by atoms with Crippen LogP contribution in [0.5, 0.6) is 0 Å². The number of guanidine groups is 1. The highest BCUT2D eigenvalue weighted by atomic mass is 32.2. The van der Waals surface area contributed by atoms with Crippen LogP contribution in [-0.2, 0) is 102 Å². The number of aliphatic hydroxyl groups excluding tert-OH is 2. The molecule has 0 radical (unpaired) electrons. The van der Waals surface area contributed by atoms with E-state index in [4.69, 9.17) is 16.9 Å². The van der Waals surface area contributed by atoms with E-state index in [9.17, 15) is 63.0 Å². The number of para-hydroxylation sites is 2. The van der Waals surface area contributed by atoms with Crippen LogP contribution >= 0.6 is 11.8 Å². The van der Waals surface area contributed by atoms with Crippen molar-refractivity contribution < 1.29 is 86.9 Å². The van der Waals surface area contributed by atoms with Crippen LogP contribution in [0.2, 0.25) is 0 Å². The zero-order valence-corrected chi connectivity index (χ0v) is 76.5. The lowest BCUT2D eigenvalue weighted by molar-refractivity contribution is -0.149. The number of amides is 16. The highest BCUT2D eigenvalue weighted by Crippen LogP contribution is 2.26. The van der Waals surface area contributed by atoms with Crippen LogP contribution < -0.4 is 70.0 Å². The van der Waals surface area contributed by atoms with Crippen molar-refractivity contribution in [2.45, 2.75) is 223 Å². The van der Waals surface area contributed by atoms with Crippen LogP contribution in [-0.4, -0.2) is 312 Å². The normalized spacial score (nSPS) is 23.9. The molecule has 712 valence electrons. The van der Waals surface area contributed by atoms with Gasteiger partial charge >= 0.3 is 0 Å². The Hall–Kier alpha value is -13.0. The summed E-state index contributed by atoms with van der Waals surface area (Å²) in [5, 5.41) is 60.8. The van der Waals surface area contributed by atoms with E-state index in [1.54, 1.807) is 105 Å². The number of benzene rings is 3. The van der Waals surface area contributed by atoms with E-state index in [0.717, 1.165) is 36.3 Å². The van der Waals surface area contributed by atoms with Gasteiger partial charge in [-0.25, -0.2) is 4.98 Å². The summed E-state index contributed by atoms with van der Waals surface area (Å²) in [6.45, 7) is 7.27. The number of imidazole rings is 1. The minimum absolute atomic E-state index is 0.00251. The fraction of sp³-hybridized carbons (Fsp3) is 0.528. The van der Waals surface area contributed by atoms with Crippen molar-refractivity contribution in [3.8, 4) is 0 Å². The number of nitrogens with one attached hydrogen (secondary N) is 15. The third kappa shape index (κ3) is 29.8. The lowest BCUT2D eigenvalue weighted by Crippen LogP contribution is -2.61. The van der Waals surface area contributed by atoms with Gasteiger partial charge in [-0.1, -0.05) is 120 Å². The molecule has 42 heteroatoms. The lowest BCUT2D eigenvalue weighted by Gasteiger charge is -2.36. The minimum Gasteiger partial charge on any atom is -0.394 e. The summed E-state index contributed by atoms with van der Waals surface area (Å²) >= 11 is 0.807. The predicted octanol–water partition coefficient (Wildman–Crippen LogP) is -1.63. The molecule has 0 aliphatic carbocycles. The molecule has 131 heavy (non-hydrogen) atoms. The quantitative estimate of drug-likeness (QED) is 0.0174. The van der Waals surface area contributed by atoms with E-state index in [0.29, 0.717) is 69.9 Å². The van der Waals surface area contributed by atoms with E-state index in [1.807, 2.05) is 13.8 Å². The standard InChI is InChI=1S/C89H127N23O18S/c1-11-13-31-69-82(124)101-61(30-22-34-94-89(91)92)78(120)106-68(77(119)97-44-72(90)115)47-131-48-74(117)100-65(37-53-24-16-15-17-25-53)85(127)109(8)51(5)76(118)107-75(52(6)114)88(130)112-35-23-33-70(112)83(125)102-63(40-56-43-93-49-98-56)80(122)103-64(36-50(3)4)84(126)108(7)45-73(116)99-62(38-54-41-95-59-28-20-18-26-57(54)59)79(121)105-67(46-113)81(123)104-66(39-55-42-96-60-29-21-19-27-58(55)60)86(128)111(10)71(32-14-12-2)87(129)110(69)9/h15-21,24-29,41-43,49-52,61-71,75,95-96,113-114H,11-14,22-23,30-40,44-48H2,1-10H3,(H2,90,115)(H,93,98)(H,97,119)(H,99,116)(H,100,117)(H,101,124)(H,102,125)(H,103,122)(H,104,123)(H,105,121)(H,106,120)(H,107,118)(H4,91,92,94)/t51-,52+,61-,62-,63-,64-,65-,66-,67-,68-,69-,70-,71-,75-/m0/s1. The first kappa shape index (κ1) is 103. The number of hydrogen-bond acceptors (Lipinski definition) is 21. The second-order valence-electron chi connectivity index (χ2n) is 33.6. The molecule has 0 unspecified atom stereocenters. The zero-order chi connectivity index (χ0) is 95.9. The Labute approximate surface area is 764 Å². The molecule has 3 aromatic heterocycles. The molecule has 21 N–H and O–H groups in total. The number of H-pyrrole nitrogens is 3. The Morgan fingerprint density at radius 3 is 1.69 bits per heavy atom. The lowest BCUT2D eigenvalue weighted by atomic mass is 10.00. The second-order valence-corrected chi connectivity index (χ2v) is 34.7. The van der Waals surface area contributed by atoms with Gasteiger partial charge in [-0.15, -0.1) is 11.8 Å². The molecule has 14 atom stereocenters. The molecule has 0 spiro atoms. The Morgan fingerprint density at radius 2 is 1.10 bits per heavy atom. The molecule has 0 saturated carbocycles. The SMILES string of the molecule is CCCC[C@H]1C(=O)N(C)[C@@H](CCCC)C(=O)N[C@@H](CCCNC(=N)N)C(=O)N[C@H](C(=O)NCC(N)=O)CSCC(=O)N[C@@H](Cc2ccccc2)C(=O)N(C)[C@@H](C)C(=O)N[C@@H]([C@@H](C)O)C(=O)N2CCC[C@H]2C(=O)N[C@@H](Cc2cnc[nH]2)C(=O)N[C@@H](CC(C)C)C(=O)N(C)CC(=O)N[C@@H](Cc2c[nH]c3ccccc23)C(=O)N[C@@H](CO)C(=O)N[C@@H](Cc2c[nH]c3ccccc23)C(=O)N1C. The largest absolute Gasteiger partial charge is 0.394 e. The van der Waals surface area contributed by atoms with Gasteiger partial charge in [0.2, 0.25) is 94.5 Å². The summed E-state index contributed by atoms with van der Waals surface area (Å²) in [5.74, 6) is -15.8. The summed E-state index contributed by atoms with van der Waals surface area (Å²) < 4.78 is 0. The number of aromatic nitrogens is 4. The van der Waals surface area contributed by atoms with Gasteiger partial charge in [0.1, 0.15) is 78.5 Å². The molecule has 2 fully saturated rings. The van der Waals surface area contributed by atoms with E-state index >= 15 is 24.0 Å². The summed E-state index contributed by atoms with van der Waals surface area (Å²) in [7, 11) is 5.29. The summed E-state index contributed by atoms with van der Waals surface area (Å²) in [6.07, 6.45) is 5.38. The summed E-state index contributed by atoms with van der Waals surface area (Å²) in [5.41, 5.74) is 14.4. The number of aliphatic hydroxyl groups is 2. The number of unbranched alkanes of at least 4 members (excludes halogenated alkanes) is 2. The number of hydrogen-bond donors (Lipinski definition) is 19. The number of likely N-dealkylation sites (N-methyl/N-ethyl adjacent to an activating group) is 4. The van der Waals surface area contributed by atoms with Crippen molar-refractivity contribution in [1.29, 1.82) is 5.41 Å². The summed E-state index contributed by atoms with van der Waals surface area (Å²) in [4.78, 5) is 254. The van der Waals surface area contributed by atoms with Crippen LogP contribution in [0.1, 0.15) is 135 Å². The highest BCUT2D eigenvalue weighted by molar-refractivity contribution is 8.00. The molecule has 6 aromatic rings. The van der Waals surface area contributed by atoms with Crippen LogP contribution in [0.3, 0.4) is 0 Å². The maximum absolute atomic E-state index is 15.7. The maximum atomic E-state index is 15.7. The molecule has 2 saturated heterocycles. The Kier molecular flexibility index (Phi) is 39.7. The van der Waals surface area contributed by atoms with Gasteiger partial charge in [-0.2, -0.15) is 0 Å². The summed E-state index contributed by atoms with van der Waals surface area (Å²) in [6, 6.07) is 3.19. The molecule has 2 aliphatic heterocycles. The molecule has 2 aliphatic rings. The van der Waals surface area contributed by atoms with Crippen molar-refractivity contribution in [1.82, 2.24) is 103 Å². The zero-order valence-electron chi connectivity index (χ0n) is 75.7. The maximum Gasteiger partial charge on any atom is 0.248 e. The molecular formula is C89H127N23O18S. The van der Waals surface area contributed by atoms with Crippen molar-refractivity contribution in [3.63, 3.8) is 0 Å². The first-order chi connectivity index (χ1) is 62.4. The van der Waals surface area contributed by atoms with Crippen LogP contribution in [0, 0.1) is 11.3 Å². The third-order valence-electron chi connectivity index (χ3n) is 23.2. The average Bonchev–Trinajstić information content (AvgIpc) is 1.58. The second kappa shape index (κ2) is 50.3. The number of nitrogens with zero attached hydrogens (tertiary/aromatic N) is 6. The monoisotopic (exact) mass is 1840 g/mol. The Morgan fingerprint density at radius 1 is 0.557 bits per heavy atom. The topological polar surface area (TPSA) is 598 Å². The number of carbonyl (C=O) groups excluding carboxylic acids is 16. The number of rotatable bonds is 25. The number of thioether (sulfide) groups is 1. The average molecular weight is 1840 g/mol. The van der Waals surface area contributed by atoms with Crippen molar-refractivity contribution >= 4 is 134 Å². The molecule has 3 aromatic carbocycles. The van der Waals surface area contributed by atoms with Gasteiger partial charge in [0.15, 0.2) is 5.96 Å². The van der Waals surface area contributed by atoms with Gasteiger partial charge < -0.3 is 120 Å². The molecule has 0 bridgehead atoms. The first-order valence-electron chi connectivity index (χ1n) is 44.1. The smallest absolute Gasteiger partial charge is 0.248 e. The van der Waals surface area contributed by atoms with Crippen molar-refractivity contribution in [3.05, 3.63) is 126 Å². The third-order valence-corrected chi connectivity index (χ3v) is 24.2. The number of fused-ring (bicyclic) bond motifs is 3. The van der Waals surface area contributed by atoms with Gasteiger partial charge in [0, 0.05) is 119 Å². The molecule has 5 heterocycles. The Bertz CT molecular complexity index is 4970. The fourth-order valence-electron chi connectivity index (χ4n) is 15.7. The molecule has 41 nitrogen and oxygen atoms in total. The van der Waals surface area contributed by atoms with Crippen molar-refractivity contribution in [2.24, 2.45) is 17.4 Å². The molecule has 16 amide bonds. The van der Waals surface area contributed by atoms with Gasteiger partial charge in [0.25, 0.3) is 0 Å². The van der Waals surface area contributed by atoms with Crippen LogP contribution in [0.25, 0.3) is 21.8 Å². The number of nitrogens with two attached hydrogens (primary N) is 2. The van der Waals surface area contributed by atoms with Crippen LogP contribution in [0.4, 0.5) is 0 Å². The van der Waals surface area contributed by atoms with Gasteiger partial charge in [0.05, 0.1) is 37.9 Å². The van der Waals surface area contributed by atoms with Gasteiger partial charge in [-0.3, -0.25) is 82.1 Å². The fourth-order valence-corrected chi connectivity index (χ4v) is 16.6. The first-order valence-corrected chi connectivity index (χ1v) is 45.3. The van der Waals surface area contributed by atoms with Crippen molar-refractivity contribution in [2.75, 3.05) is 72.5 Å². The Balaban J connectivity index is 1.18. The van der Waals surface area contributed by atoms with Gasteiger partial charge in [-0.05, 0) is 93.5 Å². The predicted molar refractivity (Wildman–Crippen MR) is 487 cm³/mol. The van der Waals surface area contributed by atoms with E-state index in [1.165, 1.54) is 54.6 Å². The number of aromatic amines is 3. The number of primary amides is 1. The highest BCUT2D eigenvalue weighted by Gasteiger charge is 2.44.